The van der Waals surface area contributed by atoms with Crippen LogP contribution in [0.25, 0.3) is 0 Å². The van der Waals surface area contributed by atoms with Crippen LogP contribution in [-0.2, 0) is 14.8 Å². The zero-order valence-electron chi connectivity index (χ0n) is 11.2. The first-order chi connectivity index (χ1) is 9.85. The smallest absolute Gasteiger partial charge is 0.306 e. The second-order valence-electron chi connectivity index (χ2n) is 4.64. The molecular formula is C10H16N4O5S2. The van der Waals surface area contributed by atoms with Gasteiger partial charge < -0.3 is 10.2 Å². The minimum atomic E-state index is -3.85. The molecule has 1 aliphatic heterocycles. The summed E-state index contributed by atoms with van der Waals surface area (Å²) in [6, 6.07) is 0.581. The minimum Gasteiger partial charge on any atom is -0.377 e. The Bertz CT molecular complexity index is 623. The predicted molar refractivity (Wildman–Crippen MR) is 77.5 cm³/mol. The summed E-state index contributed by atoms with van der Waals surface area (Å²) in [4.78, 5) is 10.1. The van der Waals surface area contributed by atoms with Gasteiger partial charge in [-0.15, -0.1) is 0 Å². The highest BCUT2D eigenvalue weighted by atomic mass is 32.2. The van der Waals surface area contributed by atoms with Crippen molar-refractivity contribution in [1.82, 2.24) is 4.72 Å². The molecule has 11 heteroatoms. The molecule has 2 rings (SSSR count). The largest absolute Gasteiger partial charge is 0.377 e. The molecule has 1 aromatic rings. The number of hydrogen-bond donors (Lipinski definition) is 3. The van der Waals surface area contributed by atoms with Crippen LogP contribution >= 0.6 is 11.3 Å². The van der Waals surface area contributed by atoms with Crippen molar-refractivity contribution in [2.75, 3.05) is 12.0 Å². The zero-order valence-corrected chi connectivity index (χ0v) is 12.9. The van der Waals surface area contributed by atoms with Gasteiger partial charge in [0, 0.05) is 18.7 Å². The van der Waals surface area contributed by atoms with Gasteiger partial charge >= 0.3 is 5.69 Å². The van der Waals surface area contributed by atoms with Crippen LogP contribution in [0.1, 0.15) is 19.8 Å². The Morgan fingerprint density at radius 2 is 2.33 bits per heavy atom. The van der Waals surface area contributed by atoms with Gasteiger partial charge in [-0.05, 0) is 19.8 Å². The average Bonchev–Trinajstić information content (AvgIpc) is 3.07. The fraction of sp³-hybridized carbons (Fsp3) is 0.600. The van der Waals surface area contributed by atoms with Gasteiger partial charge in [0.15, 0.2) is 5.00 Å². The number of hydrazine groups is 1. The summed E-state index contributed by atoms with van der Waals surface area (Å²) in [7, 11) is -3.85. The van der Waals surface area contributed by atoms with Gasteiger partial charge in [-0.25, -0.2) is 19.0 Å². The minimum absolute atomic E-state index is 0.00913. The van der Waals surface area contributed by atoms with E-state index >= 15 is 0 Å². The summed E-state index contributed by atoms with van der Waals surface area (Å²) in [5.74, 6) is 5.17. The number of nitrogens with zero attached hydrogens (tertiary/aromatic N) is 1. The van der Waals surface area contributed by atoms with Gasteiger partial charge in [0.25, 0.3) is 10.0 Å². The highest BCUT2D eigenvalue weighted by Gasteiger charge is 2.30. The Hall–Kier alpha value is -1.27. The standard InChI is InChI=1S/C10H16N4O5S2/c1-6(8-3-2-4-19-8)13-21(17,18)9-5-7(14(15)16)10(12-11)20-9/h5-6,8,12-13H,2-4,11H2,1H3. The number of anilines is 1. The van der Waals surface area contributed by atoms with E-state index < -0.39 is 21.0 Å². The van der Waals surface area contributed by atoms with Crippen molar-refractivity contribution in [2.24, 2.45) is 5.84 Å². The number of rotatable bonds is 6. The molecule has 1 saturated heterocycles. The van der Waals surface area contributed by atoms with E-state index in [4.69, 9.17) is 10.6 Å². The van der Waals surface area contributed by atoms with Gasteiger partial charge in [-0.2, -0.15) is 0 Å². The Balaban J connectivity index is 2.20. The predicted octanol–water partition coefficient (Wildman–Crippen LogP) is 0.788. The van der Waals surface area contributed by atoms with E-state index in [-0.39, 0.29) is 21.0 Å². The fourth-order valence-corrected chi connectivity index (χ4v) is 4.63. The maximum atomic E-state index is 12.3. The zero-order chi connectivity index (χ0) is 15.6. The summed E-state index contributed by atoms with van der Waals surface area (Å²) in [5, 5.41) is 10.8. The Labute approximate surface area is 125 Å². The van der Waals surface area contributed by atoms with Crippen LogP contribution in [0.3, 0.4) is 0 Å². The summed E-state index contributed by atoms with van der Waals surface area (Å²) < 4.78 is 32.3. The van der Waals surface area contributed by atoms with E-state index in [1.165, 1.54) is 0 Å². The van der Waals surface area contributed by atoms with Crippen LogP contribution in [0.5, 0.6) is 0 Å². The second kappa shape index (κ2) is 6.23. The molecule has 4 N–H and O–H groups in total. The number of sulfonamides is 1. The van der Waals surface area contributed by atoms with Crippen LogP contribution in [0.2, 0.25) is 0 Å². The molecule has 1 aliphatic rings. The van der Waals surface area contributed by atoms with Gasteiger partial charge in [0.05, 0.1) is 11.0 Å². The molecule has 9 nitrogen and oxygen atoms in total. The van der Waals surface area contributed by atoms with E-state index in [1.54, 1.807) is 6.92 Å². The molecule has 0 saturated carbocycles. The first-order valence-corrected chi connectivity index (χ1v) is 8.54. The molecule has 0 aliphatic carbocycles. The van der Waals surface area contributed by atoms with Crippen molar-refractivity contribution in [3.63, 3.8) is 0 Å². The van der Waals surface area contributed by atoms with Crippen LogP contribution in [0, 0.1) is 10.1 Å². The Morgan fingerprint density at radius 1 is 1.62 bits per heavy atom. The number of hydrogen-bond acceptors (Lipinski definition) is 8. The van der Waals surface area contributed by atoms with Crippen molar-refractivity contribution >= 4 is 32.0 Å². The van der Waals surface area contributed by atoms with Crippen LogP contribution in [0.4, 0.5) is 10.7 Å². The topological polar surface area (TPSA) is 137 Å². The lowest BCUT2D eigenvalue weighted by Crippen LogP contribution is -2.40. The first kappa shape index (κ1) is 16.1. The SMILES string of the molecule is CC(NS(=O)(=O)c1cc([N+](=O)[O-])c(NN)s1)C1CCCO1. The number of nitro groups is 1. The van der Waals surface area contributed by atoms with Crippen molar-refractivity contribution < 1.29 is 18.1 Å². The second-order valence-corrected chi connectivity index (χ2v) is 7.64. The van der Waals surface area contributed by atoms with E-state index in [2.05, 4.69) is 10.1 Å². The molecule has 1 fully saturated rings. The molecule has 118 valence electrons. The van der Waals surface area contributed by atoms with E-state index in [0.29, 0.717) is 17.9 Å². The van der Waals surface area contributed by atoms with Crippen molar-refractivity contribution in [3.8, 4) is 0 Å². The van der Waals surface area contributed by atoms with Crippen LogP contribution < -0.4 is 16.0 Å². The normalized spacial score (nSPS) is 20.4. The maximum absolute atomic E-state index is 12.3. The van der Waals surface area contributed by atoms with Gasteiger partial charge in [0.1, 0.15) is 4.21 Å². The number of nitrogens with one attached hydrogen (secondary N) is 2. The molecule has 2 atom stereocenters. The van der Waals surface area contributed by atoms with Crippen LogP contribution in [-0.4, -0.2) is 32.1 Å². The lowest BCUT2D eigenvalue weighted by molar-refractivity contribution is -0.383. The molecule has 2 heterocycles. The highest BCUT2D eigenvalue weighted by molar-refractivity contribution is 7.91. The van der Waals surface area contributed by atoms with Crippen molar-refractivity contribution in [1.29, 1.82) is 0 Å². The number of nitrogens with two attached hydrogens (primary N) is 1. The molecule has 0 spiro atoms. The summed E-state index contributed by atoms with van der Waals surface area (Å²) >= 11 is 0.710. The third-order valence-corrected chi connectivity index (χ3v) is 6.23. The highest BCUT2D eigenvalue weighted by Crippen LogP contribution is 2.36. The van der Waals surface area contributed by atoms with Gasteiger partial charge in [0.2, 0.25) is 0 Å². The first-order valence-electron chi connectivity index (χ1n) is 6.24. The molecule has 1 aromatic heterocycles. The fourth-order valence-electron chi connectivity index (χ4n) is 2.11. The van der Waals surface area contributed by atoms with Gasteiger partial charge in [-0.3, -0.25) is 10.1 Å². The van der Waals surface area contributed by atoms with E-state index in [9.17, 15) is 18.5 Å². The molecule has 0 radical (unpaired) electrons. The third kappa shape index (κ3) is 3.49. The lowest BCUT2D eigenvalue weighted by atomic mass is 10.1. The quantitative estimate of drug-likeness (QED) is 0.397. The lowest BCUT2D eigenvalue weighted by Gasteiger charge is -2.19. The van der Waals surface area contributed by atoms with Crippen molar-refractivity contribution in [3.05, 3.63) is 16.2 Å². The monoisotopic (exact) mass is 336 g/mol. The molecule has 21 heavy (non-hydrogen) atoms. The summed E-state index contributed by atoms with van der Waals surface area (Å²) in [6.07, 6.45) is 1.49. The maximum Gasteiger partial charge on any atom is 0.306 e. The summed E-state index contributed by atoms with van der Waals surface area (Å²) in [5.41, 5.74) is 1.77. The number of thiophene rings is 1. The Kier molecular flexibility index (Phi) is 4.78. The number of nitrogen functional groups attached to an aromatic ring is 1. The molecule has 0 aromatic carbocycles. The molecule has 0 amide bonds. The summed E-state index contributed by atoms with van der Waals surface area (Å²) in [6.45, 7) is 2.32. The van der Waals surface area contributed by atoms with Crippen molar-refractivity contribution in [2.45, 2.75) is 36.1 Å². The van der Waals surface area contributed by atoms with Gasteiger partial charge in [-0.1, -0.05) is 11.3 Å². The van der Waals surface area contributed by atoms with Crippen LogP contribution in [0.15, 0.2) is 10.3 Å². The van der Waals surface area contributed by atoms with E-state index in [0.717, 1.165) is 18.9 Å². The Morgan fingerprint density at radius 3 is 2.81 bits per heavy atom. The molecule has 0 bridgehead atoms. The molecular weight excluding hydrogens is 320 g/mol. The molecule has 2 unspecified atom stereocenters. The van der Waals surface area contributed by atoms with E-state index in [1.807, 2.05) is 0 Å². The number of ether oxygens (including phenoxy) is 1. The third-order valence-electron chi connectivity index (χ3n) is 3.15. The average molecular weight is 336 g/mol.